The molecule has 0 aliphatic rings. The zero-order valence-electron chi connectivity index (χ0n) is 13.4. The monoisotopic (exact) mass is 373 g/mol. The smallest absolute Gasteiger partial charge is 0.315 e. The van der Waals surface area contributed by atoms with Crippen molar-refractivity contribution in [2.24, 2.45) is 0 Å². The molecule has 0 aliphatic carbocycles. The molecule has 26 heavy (non-hydrogen) atoms. The third-order valence-electron chi connectivity index (χ3n) is 3.29. The topological polar surface area (TPSA) is 125 Å². The van der Waals surface area contributed by atoms with E-state index in [1.807, 2.05) is 0 Å². The largest absolute Gasteiger partial charge is 0.500 e. The van der Waals surface area contributed by atoms with E-state index >= 15 is 0 Å². The van der Waals surface area contributed by atoms with Gasteiger partial charge in [0.25, 0.3) is 5.91 Å². The molecule has 0 saturated carbocycles. The fourth-order valence-electron chi connectivity index (χ4n) is 2.06. The Labute approximate surface area is 153 Å². The summed E-state index contributed by atoms with van der Waals surface area (Å²) in [5.41, 5.74) is -0.474. The molecule has 0 unspecified atom stereocenters. The number of anilines is 1. The van der Waals surface area contributed by atoms with Crippen LogP contribution in [0.5, 0.6) is 11.5 Å². The number of methoxy groups -OCH3 is 1. The van der Waals surface area contributed by atoms with Crippen LogP contribution in [0, 0.1) is 21.4 Å². The second-order valence-corrected chi connectivity index (χ2v) is 5.36. The van der Waals surface area contributed by atoms with Crippen LogP contribution in [0.25, 0.3) is 6.08 Å². The molecular formula is C17H12ClN3O5. The Morgan fingerprint density at radius 1 is 1.42 bits per heavy atom. The van der Waals surface area contributed by atoms with Gasteiger partial charge in [0.2, 0.25) is 5.75 Å². The van der Waals surface area contributed by atoms with Gasteiger partial charge in [0.15, 0.2) is 5.75 Å². The number of phenols is 1. The number of nitriles is 1. The molecule has 2 N–H and O–H groups in total. The minimum atomic E-state index is -0.801. The van der Waals surface area contributed by atoms with Crippen LogP contribution in [-0.4, -0.2) is 23.0 Å². The number of phenolic OH excluding ortho intramolecular Hbond substituents is 1. The third-order valence-corrected chi connectivity index (χ3v) is 3.62. The van der Waals surface area contributed by atoms with Crippen molar-refractivity contribution in [3.05, 3.63) is 62.7 Å². The molecule has 0 spiro atoms. The highest BCUT2D eigenvalue weighted by Gasteiger charge is 2.20. The molecule has 2 rings (SSSR count). The summed E-state index contributed by atoms with van der Waals surface area (Å²) in [6.45, 7) is 0. The van der Waals surface area contributed by atoms with E-state index in [1.165, 1.54) is 13.2 Å². The number of hydrogen-bond acceptors (Lipinski definition) is 6. The Bertz CT molecular complexity index is 950. The summed E-state index contributed by atoms with van der Waals surface area (Å²) in [7, 11) is 1.22. The van der Waals surface area contributed by atoms with Crippen molar-refractivity contribution in [2.45, 2.75) is 0 Å². The van der Waals surface area contributed by atoms with Gasteiger partial charge in [0, 0.05) is 6.07 Å². The number of carbonyl (C=O) groups excluding carboxylic acids is 1. The van der Waals surface area contributed by atoms with E-state index in [4.69, 9.17) is 16.3 Å². The number of nitrogens with one attached hydrogen (secondary N) is 1. The summed E-state index contributed by atoms with van der Waals surface area (Å²) in [4.78, 5) is 22.5. The first-order valence-electron chi connectivity index (χ1n) is 7.10. The van der Waals surface area contributed by atoms with Crippen LogP contribution in [0.1, 0.15) is 5.56 Å². The highest BCUT2D eigenvalue weighted by Crippen LogP contribution is 2.37. The molecule has 0 fully saturated rings. The Kier molecular flexibility index (Phi) is 5.78. The Morgan fingerprint density at radius 2 is 2.12 bits per heavy atom. The average molecular weight is 374 g/mol. The summed E-state index contributed by atoms with van der Waals surface area (Å²) < 4.78 is 4.88. The van der Waals surface area contributed by atoms with Gasteiger partial charge in [-0.3, -0.25) is 14.9 Å². The van der Waals surface area contributed by atoms with Crippen LogP contribution in [-0.2, 0) is 4.79 Å². The van der Waals surface area contributed by atoms with Crippen LogP contribution >= 0.6 is 11.6 Å². The molecule has 9 heteroatoms. The number of para-hydroxylation sites is 1. The van der Waals surface area contributed by atoms with Crippen LogP contribution in [0.15, 0.2) is 42.0 Å². The van der Waals surface area contributed by atoms with E-state index in [2.05, 4.69) is 5.32 Å². The van der Waals surface area contributed by atoms with Gasteiger partial charge in [0.1, 0.15) is 11.6 Å². The summed E-state index contributed by atoms with van der Waals surface area (Å²) >= 11 is 5.95. The van der Waals surface area contributed by atoms with Gasteiger partial charge in [0.05, 0.1) is 22.7 Å². The van der Waals surface area contributed by atoms with Crippen LogP contribution in [0.4, 0.5) is 11.4 Å². The zero-order chi connectivity index (χ0) is 19.3. The fraction of sp³-hybridized carbons (Fsp3) is 0.0588. The standard InChI is InChI=1S/C17H12ClN3O5/c1-26-15-8-10(7-14(16(15)22)21(24)25)6-11(9-19)17(23)20-13-5-3-2-4-12(13)18/h2-8,22H,1H3,(H,20,23)/b11-6-. The molecule has 0 heterocycles. The van der Waals surface area contributed by atoms with Crippen molar-refractivity contribution in [1.29, 1.82) is 5.26 Å². The van der Waals surface area contributed by atoms with E-state index in [9.17, 15) is 25.3 Å². The van der Waals surface area contributed by atoms with Crippen LogP contribution in [0.2, 0.25) is 5.02 Å². The number of nitro groups is 1. The number of rotatable bonds is 5. The van der Waals surface area contributed by atoms with Gasteiger partial charge in [-0.25, -0.2) is 0 Å². The number of aromatic hydroxyl groups is 1. The lowest BCUT2D eigenvalue weighted by molar-refractivity contribution is -0.386. The summed E-state index contributed by atoms with van der Waals surface area (Å²) in [5, 5.41) is 32.8. The molecule has 0 saturated heterocycles. The summed E-state index contributed by atoms with van der Waals surface area (Å²) in [6, 6.07) is 10.5. The number of benzene rings is 2. The Balaban J connectivity index is 2.41. The first-order valence-corrected chi connectivity index (χ1v) is 7.48. The van der Waals surface area contributed by atoms with Crippen molar-refractivity contribution < 1.29 is 19.6 Å². The molecule has 0 aromatic heterocycles. The predicted octanol–water partition coefficient (Wildman–Crippen LogP) is 3.51. The minimum absolute atomic E-state index is 0.136. The maximum atomic E-state index is 12.3. The lowest BCUT2D eigenvalue weighted by Gasteiger charge is -2.07. The van der Waals surface area contributed by atoms with Crippen LogP contribution in [0.3, 0.4) is 0 Å². The van der Waals surface area contributed by atoms with Gasteiger partial charge in [-0.1, -0.05) is 23.7 Å². The Hall–Kier alpha value is -3.57. The third kappa shape index (κ3) is 4.09. The molecule has 0 atom stereocenters. The van der Waals surface area contributed by atoms with Gasteiger partial charge in [-0.05, 0) is 29.8 Å². The highest BCUT2D eigenvalue weighted by atomic mass is 35.5. The van der Waals surface area contributed by atoms with Gasteiger partial charge in [-0.15, -0.1) is 0 Å². The highest BCUT2D eigenvalue weighted by molar-refractivity contribution is 6.34. The maximum absolute atomic E-state index is 12.3. The second kappa shape index (κ2) is 8.00. The number of ether oxygens (including phenoxy) is 1. The first-order chi connectivity index (χ1) is 12.4. The number of nitro benzene ring substituents is 1. The maximum Gasteiger partial charge on any atom is 0.315 e. The molecule has 2 aromatic rings. The number of amides is 1. The molecule has 1 amide bonds. The molecule has 2 aromatic carbocycles. The lowest BCUT2D eigenvalue weighted by atomic mass is 10.1. The van der Waals surface area contributed by atoms with Gasteiger partial charge < -0.3 is 15.2 Å². The second-order valence-electron chi connectivity index (χ2n) is 4.95. The average Bonchev–Trinajstić information content (AvgIpc) is 2.62. The first kappa shape index (κ1) is 18.8. The molecule has 8 nitrogen and oxygen atoms in total. The number of halogens is 1. The fourth-order valence-corrected chi connectivity index (χ4v) is 2.24. The van der Waals surface area contributed by atoms with Crippen molar-refractivity contribution >= 4 is 35.0 Å². The molecular weight excluding hydrogens is 362 g/mol. The number of nitrogens with zero attached hydrogens (tertiary/aromatic N) is 2. The van der Waals surface area contributed by atoms with Crippen molar-refractivity contribution in [2.75, 3.05) is 12.4 Å². The molecule has 0 bridgehead atoms. The van der Waals surface area contributed by atoms with E-state index in [-0.39, 0.29) is 16.9 Å². The van der Waals surface area contributed by atoms with Gasteiger partial charge in [-0.2, -0.15) is 5.26 Å². The minimum Gasteiger partial charge on any atom is -0.500 e. The summed E-state index contributed by atoms with van der Waals surface area (Å²) in [6.07, 6.45) is 1.14. The van der Waals surface area contributed by atoms with Crippen LogP contribution < -0.4 is 10.1 Å². The quantitative estimate of drug-likeness (QED) is 0.357. The molecule has 0 aliphatic heterocycles. The Morgan fingerprint density at radius 3 is 2.69 bits per heavy atom. The van der Waals surface area contributed by atoms with Gasteiger partial charge >= 0.3 is 5.69 Å². The van der Waals surface area contributed by atoms with Crippen molar-refractivity contribution in [3.8, 4) is 17.6 Å². The molecule has 0 radical (unpaired) electrons. The molecule has 132 valence electrons. The summed E-state index contributed by atoms with van der Waals surface area (Å²) in [5.74, 6) is -1.54. The number of carbonyl (C=O) groups is 1. The van der Waals surface area contributed by atoms with E-state index < -0.39 is 22.3 Å². The SMILES string of the molecule is COc1cc(/C=C(/C#N)C(=O)Nc2ccccc2Cl)cc([N+](=O)[O-])c1O. The zero-order valence-corrected chi connectivity index (χ0v) is 14.1. The normalized spacial score (nSPS) is 10.7. The van der Waals surface area contributed by atoms with E-state index in [1.54, 1.807) is 30.3 Å². The predicted molar refractivity (Wildman–Crippen MR) is 95.0 cm³/mol. The van der Waals surface area contributed by atoms with Crippen molar-refractivity contribution in [1.82, 2.24) is 0 Å². The van der Waals surface area contributed by atoms with E-state index in [0.29, 0.717) is 10.7 Å². The van der Waals surface area contributed by atoms with Crippen molar-refractivity contribution in [3.63, 3.8) is 0 Å². The van der Waals surface area contributed by atoms with E-state index in [0.717, 1.165) is 12.1 Å². The lowest BCUT2D eigenvalue weighted by Crippen LogP contribution is -2.13. The number of hydrogen-bond donors (Lipinski definition) is 2.